The molecule has 21 heavy (non-hydrogen) atoms. The van der Waals surface area contributed by atoms with Crippen molar-refractivity contribution in [1.82, 2.24) is 0 Å². The van der Waals surface area contributed by atoms with E-state index in [2.05, 4.69) is 25.1 Å². The molecule has 0 spiro atoms. The highest BCUT2D eigenvalue weighted by molar-refractivity contribution is 5.95. The highest BCUT2D eigenvalue weighted by atomic mass is 16.5. The topological polar surface area (TPSA) is 35.5 Å². The lowest BCUT2D eigenvalue weighted by atomic mass is 9.90. The van der Waals surface area contributed by atoms with Gasteiger partial charge in [-0.2, -0.15) is 0 Å². The number of carbonyl (C=O) groups excluding carboxylic acids is 1. The minimum atomic E-state index is -0.289. The third-order valence-electron chi connectivity index (χ3n) is 4.92. The molecule has 3 heteroatoms. The first-order valence-electron chi connectivity index (χ1n) is 7.49. The van der Waals surface area contributed by atoms with Crippen molar-refractivity contribution in [3.63, 3.8) is 0 Å². The molecule has 1 aliphatic carbocycles. The van der Waals surface area contributed by atoms with E-state index in [9.17, 15) is 4.79 Å². The Morgan fingerprint density at radius 3 is 2.95 bits per heavy atom. The molecule has 1 heterocycles. The summed E-state index contributed by atoms with van der Waals surface area (Å²) in [7, 11) is 1.43. The number of benzene rings is 2. The molecule has 2 aromatic carbocycles. The van der Waals surface area contributed by atoms with Crippen LogP contribution in [0.25, 0.3) is 10.8 Å². The Morgan fingerprint density at radius 2 is 2.14 bits per heavy atom. The van der Waals surface area contributed by atoms with Crippen LogP contribution in [-0.2, 0) is 22.4 Å². The summed E-state index contributed by atoms with van der Waals surface area (Å²) in [5, 5.41) is 2.54. The summed E-state index contributed by atoms with van der Waals surface area (Å²) in [4.78, 5) is 12.0. The Balaban J connectivity index is 1.98. The second-order valence-corrected chi connectivity index (χ2v) is 5.95. The van der Waals surface area contributed by atoms with E-state index in [-0.39, 0.29) is 11.9 Å². The van der Waals surface area contributed by atoms with E-state index in [0.29, 0.717) is 6.61 Å². The van der Waals surface area contributed by atoms with Crippen molar-refractivity contribution in [2.24, 2.45) is 0 Å². The first-order valence-corrected chi connectivity index (χ1v) is 7.49. The normalized spacial score (nSPS) is 19.2. The van der Waals surface area contributed by atoms with Gasteiger partial charge in [0.25, 0.3) is 0 Å². The van der Waals surface area contributed by atoms with Gasteiger partial charge < -0.3 is 9.47 Å². The van der Waals surface area contributed by atoms with Gasteiger partial charge in [-0.15, -0.1) is 0 Å². The largest absolute Gasteiger partial charge is 0.492 e. The molecule has 0 radical (unpaired) electrons. The van der Waals surface area contributed by atoms with Gasteiger partial charge in [-0.05, 0) is 59.7 Å². The summed E-state index contributed by atoms with van der Waals surface area (Å²) in [6.45, 7) is 2.48. The van der Waals surface area contributed by atoms with E-state index in [4.69, 9.17) is 9.47 Å². The predicted octanol–water partition coefficient (Wildman–Crippen LogP) is 3.29. The summed E-state index contributed by atoms with van der Waals surface area (Å²) in [5.41, 5.74) is 5.09. The van der Waals surface area contributed by atoms with Gasteiger partial charge in [-0.3, -0.25) is 4.79 Å². The molecule has 0 fully saturated rings. The molecule has 0 saturated heterocycles. The van der Waals surface area contributed by atoms with Crippen molar-refractivity contribution in [3.8, 4) is 5.75 Å². The molecule has 0 aromatic heterocycles. The van der Waals surface area contributed by atoms with Gasteiger partial charge in [0.2, 0.25) is 0 Å². The lowest BCUT2D eigenvalue weighted by molar-refractivity contribution is -0.142. The zero-order chi connectivity index (χ0) is 14.6. The summed E-state index contributed by atoms with van der Waals surface area (Å²) < 4.78 is 10.7. The van der Waals surface area contributed by atoms with Crippen LogP contribution < -0.4 is 4.74 Å². The Kier molecular flexibility index (Phi) is 2.71. The molecule has 0 bridgehead atoms. The first-order chi connectivity index (χ1) is 10.2. The highest BCUT2D eigenvalue weighted by Gasteiger charge is 2.34. The first kappa shape index (κ1) is 12.7. The predicted molar refractivity (Wildman–Crippen MR) is 81.0 cm³/mol. The Bertz CT molecular complexity index is 761. The molecule has 1 aliphatic heterocycles. The number of methoxy groups -OCH3 is 1. The number of carbonyl (C=O) groups is 1. The minimum absolute atomic E-state index is 0.211. The number of fused-ring (bicyclic) bond motifs is 4. The van der Waals surface area contributed by atoms with Gasteiger partial charge >= 0.3 is 5.97 Å². The van der Waals surface area contributed by atoms with E-state index in [1.165, 1.54) is 41.9 Å². The van der Waals surface area contributed by atoms with Crippen LogP contribution in [0.15, 0.2) is 18.2 Å². The number of rotatable bonds is 1. The SMILES string of the molecule is COC(=O)C1COc2cc3c4c(ccc3c(C)c21)CCC4. The third-order valence-corrected chi connectivity index (χ3v) is 4.92. The van der Waals surface area contributed by atoms with Crippen LogP contribution >= 0.6 is 0 Å². The molecular weight excluding hydrogens is 264 g/mol. The second kappa shape index (κ2) is 4.48. The van der Waals surface area contributed by atoms with Crippen molar-refractivity contribution in [3.05, 3.63) is 40.5 Å². The molecule has 1 unspecified atom stereocenters. The fraction of sp³-hybridized carbons (Fsp3) is 0.389. The fourth-order valence-corrected chi connectivity index (χ4v) is 3.86. The molecule has 2 aliphatic rings. The van der Waals surface area contributed by atoms with Crippen molar-refractivity contribution >= 4 is 16.7 Å². The van der Waals surface area contributed by atoms with Crippen molar-refractivity contribution in [2.75, 3.05) is 13.7 Å². The molecule has 4 rings (SSSR count). The van der Waals surface area contributed by atoms with E-state index >= 15 is 0 Å². The van der Waals surface area contributed by atoms with Crippen LogP contribution in [0.1, 0.15) is 34.6 Å². The maximum absolute atomic E-state index is 12.0. The van der Waals surface area contributed by atoms with Crippen LogP contribution in [0.2, 0.25) is 0 Å². The Hall–Kier alpha value is -2.03. The van der Waals surface area contributed by atoms with Crippen LogP contribution in [0, 0.1) is 6.92 Å². The lowest BCUT2D eigenvalue weighted by Crippen LogP contribution is -2.16. The Morgan fingerprint density at radius 1 is 1.29 bits per heavy atom. The second-order valence-electron chi connectivity index (χ2n) is 5.95. The summed E-state index contributed by atoms with van der Waals surface area (Å²) >= 11 is 0. The van der Waals surface area contributed by atoms with Crippen LogP contribution in [0.5, 0.6) is 5.75 Å². The smallest absolute Gasteiger partial charge is 0.316 e. The monoisotopic (exact) mass is 282 g/mol. The average molecular weight is 282 g/mol. The van der Waals surface area contributed by atoms with Crippen LogP contribution in [0.3, 0.4) is 0 Å². The molecule has 1 atom stereocenters. The fourth-order valence-electron chi connectivity index (χ4n) is 3.86. The van der Waals surface area contributed by atoms with Crippen LogP contribution in [-0.4, -0.2) is 19.7 Å². The van der Waals surface area contributed by atoms with Gasteiger partial charge in [-0.1, -0.05) is 12.1 Å². The van der Waals surface area contributed by atoms with Crippen molar-refractivity contribution in [2.45, 2.75) is 32.1 Å². The number of hydrogen-bond acceptors (Lipinski definition) is 3. The van der Waals surface area contributed by atoms with Gasteiger partial charge in [0, 0.05) is 5.56 Å². The van der Waals surface area contributed by atoms with E-state index in [1.807, 2.05) is 0 Å². The van der Waals surface area contributed by atoms with Crippen molar-refractivity contribution < 1.29 is 14.3 Å². The van der Waals surface area contributed by atoms with Gasteiger partial charge in [0.1, 0.15) is 18.3 Å². The summed E-state index contributed by atoms with van der Waals surface area (Å²) in [6, 6.07) is 6.57. The van der Waals surface area contributed by atoms with Gasteiger partial charge in [0.05, 0.1) is 7.11 Å². The molecule has 0 saturated carbocycles. The molecule has 3 nitrogen and oxygen atoms in total. The maximum atomic E-state index is 12.0. The molecule has 0 N–H and O–H groups in total. The third kappa shape index (κ3) is 1.70. The standard InChI is InChI=1S/C18H18O3/c1-10-12-7-6-11-4-3-5-13(11)14(12)8-16-17(10)15(9-21-16)18(19)20-2/h6-8,15H,3-5,9H2,1-2H3. The quantitative estimate of drug-likeness (QED) is 0.753. The number of ether oxygens (including phenoxy) is 2. The maximum Gasteiger partial charge on any atom is 0.316 e. The molecule has 0 amide bonds. The summed E-state index contributed by atoms with van der Waals surface area (Å²) in [5.74, 6) is 0.357. The zero-order valence-corrected chi connectivity index (χ0v) is 12.4. The minimum Gasteiger partial charge on any atom is -0.492 e. The average Bonchev–Trinajstić information content (AvgIpc) is 3.12. The molecular formula is C18H18O3. The van der Waals surface area contributed by atoms with Crippen molar-refractivity contribution in [1.29, 1.82) is 0 Å². The van der Waals surface area contributed by atoms with Gasteiger partial charge in [0.15, 0.2) is 0 Å². The number of aryl methyl sites for hydroxylation is 3. The summed E-state index contributed by atoms with van der Waals surface area (Å²) in [6.07, 6.45) is 3.55. The van der Waals surface area contributed by atoms with Gasteiger partial charge in [-0.25, -0.2) is 0 Å². The number of hydrogen-bond donors (Lipinski definition) is 0. The van der Waals surface area contributed by atoms with E-state index in [1.54, 1.807) is 0 Å². The van der Waals surface area contributed by atoms with E-state index in [0.717, 1.165) is 23.3 Å². The molecule has 108 valence electrons. The van der Waals surface area contributed by atoms with Crippen LogP contribution in [0.4, 0.5) is 0 Å². The zero-order valence-electron chi connectivity index (χ0n) is 12.4. The Labute approximate surface area is 123 Å². The molecule has 2 aromatic rings. The highest BCUT2D eigenvalue weighted by Crippen LogP contribution is 2.43. The lowest BCUT2D eigenvalue weighted by Gasteiger charge is -2.14. The van der Waals surface area contributed by atoms with E-state index < -0.39 is 0 Å². The number of esters is 1.